The summed E-state index contributed by atoms with van der Waals surface area (Å²) in [6.07, 6.45) is 2.38. The van der Waals surface area contributed by atoms with Crippen molar-refractivity contribution in [2.75, 3.05) is 13.1 Å². The van der Waals surface area contributed by atoms with Crippen molar-refractivity contribution in [1.29, 1.82) is 0 Å². The SMILES string of the molecule is O=C(O)CC(c1ccc(O)cc1)N1CCCC1. The Morgan fingerprint density at radius 2 is 1.82 bits per heavy atom. The second-order valence-electron chi connectivity index (χ2n) is 4.45. The molecule has 4 heteroatoms. The first-order chi connectivity index (χ1) is 8.16. The summed E-state index contributed by atoms with van der Waals surface area (Å²) in [5.74, 6) is -0.570. The molecule has 0 amide bonds. The number of likely N-dealkylation sites (tertiary alicyclic amines) is 1. The molecule has 0 spiro atoms. The first-order valence-corrected chi connectivity index (χ1v) is 5.91. The second-order valence-corrected chi connectivity index (χ2v) is 4.45. The van der Waals surface area contributed by atoms with Gasteiger partial charge in [0, 0.05) is 6.04 Å². The van der Waals surface area contributed by atoms with Crippen molar-refractivity contribution in [3.05, 3.63) is 29.8 Å². The van der Waals surface area contributed by atoms with E-state index in [1.165, 1.54) is 0 Å². The Kier molecular flexibility index (Phi) is 3.64. The van der Waals surface area contributed by atoms with Gasteiger partial charge in [-0.1, -0.05) is 12.1 Å². The van der Waals surface area contributed by atoms with Crippen LogP contribution in [0.15, 0.2) is 24.3 Å². The number of hydrogen-bond donors (Lipinski definition) is 2. The Labute approximate surface area is 100 Å². The molecule has 1 saturated heterocycles. The topological polar surface area (TPSA) is 60.8 Å². The molecule has 1 heterocycles. The van der Waals surface area contributed by atoms with Crippen LogP contribution in [0.4, 0.5) is 0 Å². The van der Waals surface area contributed by atoms with E-state index in [1.807, 2.05) is 0 Å². The smallest absolute Gasteiger partial charge is 0.305 e. The number of phenols is 1. The maximum absolute atomic E-state index is 10.9. The maximum Gasteiger partial charge on any atom is 0.305 e. The van der Waals surface area contributed by atoms with E-state index in [4.69, 9.17) is 5.11 Å². The molecular weight excluding hydrogens is 218 g/mol. The molecular formula is C13H17NO3. The van der Waals surface area contributed by atoms with Crippen LogP contribution >= 0.6 is 0 Å². The molecule has 1 aromatic carbocycles. The molecule has 1 atom stereocenters. The summed E-state index contributed by atoms with van der Waals surface area (Å²) in [6.45, 7) is 1.91. The van der Waals surface area contributed by atoms with Gasteiger partial charge in [0.2, 0.25) is 0 Å². The van der Waals surface area contributed by atoms with Gasteiger partial charge in [-0.25, -0.2) is 0 Å². The molecule has 1 fully saturated rings. The zero-order valence-corrected chi connectivity index (χ0v) is 9.67. The fraction of sp³-hybridized carbons (Fsp3) is 0.462. The number of carboxylic acid groups (broad SMARTS) is 1. The van der Waals surface area contributed by atoms with Gasteiger partial charge in [0.25, 0.3) is 0 Å². The highest BCUT2D eigenvalue weighted by atomic mass is 16.4. The number of aromatic hydroxyl groups is 1. The van der Waals surface area contributed by atoms with Crippen molar-refractivity contribution < 1.29 is 15.0 Å². The summed E-state index contributed by atoms with van der Waals surface area (Å²) in [4.78, 5) is 13.1. The summed E-state index contributed by atoms with van der Waals surface area (Å²) in [7, 11) is 0. The second kappa shape index (κ2) is 5.19. The number of phenolic OH excluding ortho intramolecular Hbond substituents is 1. The van der Waals surface area contributed by atoms with E-state index in [9.17, 15) is 9.90 Å². The number of benzene rings is 1. The van der Waals surface area contributed by atoms with Gasteiger partial charge in [0.1, 0.15) is 5.75 Å². The quantitative estimate of drug-likeness (QED) is 0.838. The molecule has 4 nitrogen and oxygen atoms in total. The van der Waals surface area contributed by atoms with Crippen molar-refractivity contribution in [1.82, 2.24) is 4.90 Å². The van der Waals surface area contributed by atoms with Crippen LogP contribution in [0, 0.1) is 0 Å². The third-order valence-electron chi connectivity index (χ3n) is 3.23. The van der Waals surface area contributed by atoms with E-state index >= 15 is 0 Å². The zero-order valence-electron chi connectivity index (χ0n) is 9.67. The lowest BCUT2D eigenvalue weighted by molar-refractivity contribution is -0.138. The van der Waals surface area contributed by atoms with Crippen LogP contribution in [0.25, 0.3) is 0 Å². The molecule has 0 bridgehead atoms. The van der Waals surface area contributed by atoms with Gasteiger partial charge >= 0.3 is 5.97 Å². The average Bonchev–Trinajstić information content (AvgIpc) is 2.80. The fourth-order valence-electron chi connectivity index (χ4n) is 2.37. The number of rotatable bonds is 4. The maximum atomic E-state index is 10.9. The van der Waals surface area contributed by atoms with Crippen molar-refractivity contribution in [3.8, 4) is 5.75 Å². The monoisotopic (exact) mass is 235 g/mol. The van der Waals surface area contributed by atoms with Crippen LogP contribution in [0.5, 0.6) is 5.75 Å². The number of hydrogen-bond acceptors (Lipinski definition) is 3. The molecule has 0 saturated carbocycles. The molecule has 92 valence electrons. The van der Waals surface area contributed by atoms with Gasteiger partial charge in [-0.05, 0) is 43.6 Å². The molecule has 17 heavy (non-hydrogen) atoms. The lowest BCUT2D eigenvalue weighted by atomic mass is 10.0. The number of carbonyl (C=O) groups is 1. The van der Waals surface area contributed by atoms with E-state index in [0.29, 0.717) is 0 Å². The first kappa shape index (κ1) is 11.9. The van der Waals surface area contributed by atoms with Crippen LogP contribution in [0.1, 0.15) is 30.9 Å². The summed E-state index contributed by atoms with van der Waals surface area (Å²) in [6, 6.07) is 6.76. The Hall–Kier alpha value is -1.55. The number of nitrogens with zero attached hydrogens (tertiary/aromatic N) is 1. The van der Waals surface area contributed by atoms with Crippen LogP contribution in [-0.4, -0.2) is 34.2 Å². The highest BCUT2D eigenvalue weighted by Crippen LogP contribution is 2.28. The van der Waals surface area contributed by atoms with Gasteiger partial charge in [0.15, 0.2) is 0 Å². The largest absolute Gasteiger partial charge is 0.508 e. The molecule has 1 aromatic rings. The summed E-state index contributed by atoms with van der Waals surface area (Å²) >= 11 is 0. The predicted molar refractivity (Wildman–Crippen MR) is 63.9 cm³/mol. The highest BCUT2D eigenvalue weighted by molar-refractivity contribution is 5.68. The van der Waals surface area contributed by atoms with Crippen molar-refractivity contribution in [3.63, 3.8) is 0 Å². The van der Waals surface area contributed by atoms with E-state index < -0.39 is 5.97 Å². The summed E-state index contributed by atoms with van der Waals surface area (Å²) in [5.41, 5.74) is 0.965. The van der Waals surface area contributed by atoms with Crippen LogP contribution in [0.2, 0.25) is 0 Å². The third-order valence-corrected chi connectivity index (χ3v) is 3.23. The van der Waals surface area contributed by atoms with Gasteiger partial charge in [-0.2, -0.15) is 0 Å². The molecule has 1 aliphatic heterocycles. The minimum absolute atomic E-state index is 0.0735. The predicted octanol–water partition coefficient (Wildman–Crippen LogP) is 2.00. The molecule has 2 rings (SSSR count). The first-order valence-electron chi connectivity index (χ1n) is 5.91. The van der Waals surface area contributed by atoms with Crippen LogP contribution in [-0.2, 0) is 4.79 Å². The minimum Gasteiger partial charge on any atom is -0.508 e. The van der Waals surface area contributed by atoms with E-state index in [0.717, 1.165) is 31.5 Å². The Bertz CT molecular complexity index is 382. The van der Waals surface area contributed by atoms with Crippen molar-refractivity contribution in [2.45, 2.75) is 25.3 Å². The zero-order chi connectivity index (χ0) is 12.3. The van der Waals surface area contributed by atoms with Gasteiger partial charge in [0.05, 0.1) is 6.42 Å². The standard InChI is InChI=1S/C13H17NO3/c15-11-5-3-10(4-6-11)12(9-13(16)17)14-7-1-2-8-14/h3-6,12,15H,1-2,7-9H2,(H,16,17). The van der Waals surface area contributed by atoms with Gasteiger partial charge < -0.3 is 10.2 Å². The minimum atomic E-state index is -0.782. The van der Waals surface area contributed by atoms with E-state index in [-0.39, 0.29) is 18.2 Å². The molecule has 1 unspecified atom stereocenters. The molecule has 0 radical (unpaired) electrons. The molecule has 0 aliphatic carbocycles. The summed E-state index contributed by atoms with van der Waals surface area (Å²) < 4.78 is 0. The molecule has 0 aromatic heterocycles. The Morgan fingerprint density at radius 1 is 1.24 bits per heavy atom. The van der Waals surface area contributed by atoms with Crippen molar-refractivity contribution >= 4 is 5.97 Å². The molecule has 1 aliphatic rings. The Morgan fingerprint density at radius 3 is 2.35 bits per heavy atom. The summed E-state index contributed by atoms with van der Waals surface area (Å²) in [5, 5.41) is 18.2. The van der Waals surface area contributed by atoms with Crippen LogP contribution in [0.3, 0.4) is 0 Å². The normalized spacial score (nSPS) is 18.1. The lowest BCUT2D eigenvalue weighted by Gasteiger charge is -2.26. The number of carboxylic acids is 1. The lowest BCUT2D eigenvalue weighted by Crippen LogP contribution is -2.27. The molecule has 2 N–H and O–H groups in total. The van der Waals surface area contributed by atoms with Crippen LogP contribution < -0.4 is 0 Å². The van der Waals surface area contributed by atoms with E-state index in [1.54, 1.807) is 24.3 Å². The fourth-order valence-corrected chi connectivity index (χ4v) is 2.37. The van der Waals surface area contributed by atoms with Crippen molar-refractivity contribution in [2.24, 2.45) is 0 Å². The number of aliphatic carboxylic acids is 1. The third kappa shape index (κ3) is 2.97. The van der Waals surface area contributed by atoms with Gasteiger partial charge in [-0.3, -0.25) is 9.69 Å². The average molecular weight is 235 g/mol. The van der Waals surface area contributed by atoms with Gasteiger partial charge in [-0.15, -0.1) is 0 Å². The van der Waals surface area contributed by atoms with E-state index in [2.05, 4.69) is 4.90 Å². The highest BCUT2D eigenvalue weighted by Gasteiger charge is 2.25. The Balaban J connectivity index is 2.19.